The molecule has 1 fully saturated rings. The van der Waals surface area contributed by atoms with Crippen molar-refractivity contribution in [3.05, 3.63) is 47.0 Å². The largest absolute Gasteiger partial charge is 0.385 e. The van der Waals surface area contributed by atoms with E-state index >= 15 is 0 Å². The third-order valence-corrected chi connectivity index (χ3v) is 4.03. The number of hydrogen-bond acceptors (Lipinski definition) is 3. The molecule has 4 rings (SSSR count). The molecule has 1 aromatic carbocycles. The van der Waals surface area contributed by atoms with Crippen LogP contribution in [-0.2, 0) is 4.74 Å². The fourth-order valence-electron chi connectivity index (χ4n) is 3.02. The van der Waals surface area contributed by atoms with Gasteiger partial charge in [0.05, 0.1) is 0 Å². The first-order chi connectivity index (χ1) is 9.06. The van der Waals surface area contributed by atoms with Gasteiger partial charge < -0.3 is 16.2 Å². The molecule has 2 unspecified atom stereocenters. The highest BCUT2D eigenvalue weighted by Gasteiger charge is 2.63. The molecule has 94 valence electrons. The van der Waals surface area contributed by atoms with Crippen LogP contribution in [0.5, 0.6) is 0 Å². The zero-order valence-corrected chi connectivity index (χ0v) is 10.0. The van der Waals surface area contributed by atoms with Crippen molar-refractivity contribution < 1.29 is 4.74 Å². The Labute approximate surface area is 109 Å². The van der Waals surface area contributed by atoms with Crippen molar-refractivity contribution in [3.63, 3.8) is 0 Å². The summed E-state index contributed by atoms with van der Waals surface area (Å²) in [7, 11) is 0. The van der Waals surface area contributed by atoms with E-state index in [-0.39, 0.29) is 17.8 Å². The molecule has 0 bridgehead atoms. The van der Waals surface area contributed by atoms with Crippen LogP contribution in [0.25, 0.3) is 11.1 Å². The molecule has 5 nitrogen and oxygen atoms in total. The first-order valence-electron chi connectivity index (χ1n) is 6.00. The Hall–Kier alpha value is -2.40. The van der Waals surface area contributed by atoms with Gasteiger partial charge in [-0.25, -0.2) is 0 Å². The maximum Gasteiger partial charge on any atom is 0.174 e. The Balaban J connectivity index is 1.87. The van der Waals surface area contributed by atoms with E-state index in [0.717, 1.165) is 27.8 Å². The first kappa shape index (κ1) is 10.5. The fraction of sp³-hybridized carbons (Fsp3) is 0.143. The lowest BCUT2D eigenvalue weighted by Gasteiger charge is -2.30. The second-order valence-corrected chi connectivity index (χ2v) is 5.01. The van der Waals surface area contributed by atoms with Crippen molar-refractivity contribution in [1.29, 1.82) is 10.8 Å². The zero-order valence-electron chi connectivity index (χ0n) is 10.0. The van der Waals surface area contributed by atoms with E-state index in [0.29, 0.717) is 0 Å². The molecule has 0 radical (unpaired) electrons. The second-order valence-electron chi connectivity index (χ2n) is 5.01. The molecular weight excluding hydrogens is 240 g/mol. The molecular formula is C14H12N4O. The number of fused-ring (bicyclic) bond motifs is 5. The molecule has 2 aliphatic carbocycles. The minimum atomic E-state index is -0.763. The van der Waals surface area contributed by atoms with Gasteiger partial charge in [-0.05, 0) is 22.8 Å². The van der Waals surface area contributed by atoms with Crippen LogP contribution in [0.15, 0.2) is 30.4 Å². The maximum absolute atomic E-state index is 7.65. The predicted octanol–water partition coefficient (Wildman–Crippen LogP) is 0.838. The van der Waals surface area contributed by atoms with Gasteiger partial charge in [0.15, 0.2) is 5.60 Å². The van der Waals surface area contributed by atoms with Gasteiger partial charge in [0.25, 0.3) is 0 Å². The molecule has 1 saturated heterocycles. The zero-order chi connectivity index (χ0) is 13.4. The highest BCUT2D eigenvalue weighted by Crippen LogP contribution is 2.58. The molecule has 0 aromatic heterocycles. The molecule has 2 atom stereocenters. The number of nitrogen functional groups attached to an aromatic ring is 1. The predicted molar refractivity (Wildman–Crippen MR) is 72.9 cm³/mol. The highest BCUT2D eigenvalue weighted by atomic mass is 16.6. The minimum absolute atomic E-state index is 0.0223. The van der Waals surface area contributed by atoms with Crippen molar-refractivity contribution in [1.82, 2.24) is 0 Å². The lowest BCUT2D eigenvalue weighted by molar-refractivity contribution is 0.388. The number of epoxide rings is 1. The third kappa shape index (κ3) is 1.04. The molecule has 3 aliphatic rings. The number of hydrogen-bond donors (Lipinski definition) is 4. The van der Waals surface area contributed by atoms with Gasteiger partial charge >= 0.3 is 0 Å². The lowest BCUT2D eigenvalue weighted by atomic mass is 9.71. The summed E-state index contributed by atoms with van der Waals surface area (Å²) in [6.45, 7) is 0. The Morgan fingerprint density at radius 2 is 2.05 bits per heavy atom. The van der Waals surface area contributed by atoms with E-state index in [9.17, 15) is 0 Å². The average molecular weight is 252 g/mol. The van der Waals surface area contributed by atoms with E-state index in [1.54, 1.807) is 0 Å². The van der Waals surface area contributed by atoms with Gasteiger partial charge in [-0.3, -0.25) is 10.8 Å². The number of amidine groups is 2. The summed E-state index contributed by atoms with van der Waals surface area (Å²) in [6.07, 6.45) is 3.60. The quantitative estimate of drug-likeness (QED) is 0.355. The summed E-state index contributed by atoms with van der Waals surface area (Å²) in [6, 6.07) is 5.74. The molecule has 1 heterocycles. The van der Waals surface area contributed by atoms with Crippen molar-refractivity contribution in [2.75, 3.05) is 0 Å². The van der Waals surface area contributed by atoms with Crippen molar-refractivity contribution in [3.8, 4) is 0 Å². The minimum Gasteiger partial charge on any atom is -0.385 e. The van der Waals surface area contributed by atoms with Gasteiger partial charge in [-0.1, -0.05) is 24.3 Å². The van der Waals surface area contributed by atoms with E-state index in [1.807, 2.05) is 30.4 Å². The standard InChI is InChI=1S/C14H12N4O/c15-12(16)8-3-1-2-6-7-4-5-14(13(17)18)11(19-14)10(7)9(6)8/h1-5,11H,(H3,15,16)(H3,17,18). The van der Waals surface area contributed by atoms with Crippen LogP contribution in [0.2, 0.25) is 0 Å². The molecule has 0 spiro atoms. The summed E-state index contributed by atoms with van der Waals surface area (Å²) in [4.78, 5) is 0. The highest BCUT2D eigenvalue weighted by molar-refractivity contribution is 6.19. The Bertz CT molecular complexity index is 731. The summed E-state index contributed by atoms with van der Waals surface area (Å²) in [5.74, 6) is 0.0704. The van der Waals surface area contributed by atoms with Crippen LogP contribution in [0.4, 0.5) is 0 Å². The number of ether oxygens (including phenoxy) is 1. The van der Waals surface area contributed by atoms with Crippen LogP contribution < -0.4 is 11.5 Å². The number of allylic oxidation sites excluding steroid dienone is 2. The van der Waals surface area contributed by atoms with Crippen LogP contribution in [-0.4, -0.2) is 23.4 Å². The van der Waals surface area contributed by atoms with Crippen LogP contribution in [0, 0.1) is 10.8 Å². The monoisotopic (exact) mass is 252 g/mol. The van der Waals surface area contributed by atoms with Gasteiger partial charge in [-0.15, -0.1) is 0 Å². The Morgan fingerprint density at radius 3 is 2.74 bits per heavy atom. The molecule has 0 amide bonds. The third-order valence-electron chi connectivity index (χ3n) is 4.03. The number of benzene rings is 1. The number of nitrogens with two attached hydrogens (primary N) is 2. The van der Waals surface area contributed by atoms with E-state index < -0.39 is 5.60 Å². The van der Waals surface area contributed by atoms with Crippen LogP contribution in [0.3, 0.4) is 0 Å². The SMILES string of the molecule is N=C(N)c1cccc2c1C1=C2C=CC2(C(=N)N)OC12. The van der Waals surface area contributed by atoms with Gasteiger partial charge in [0.2, 0.25) is 0 Å². The number of nitrogens with one attached hydrogen (secondary N) is 2. The second kappa shape index (κ2) is 2.95. The van der Waals surface area contributed by atoms with Gasteiger partial charge in [0, 0.05) is 11.1 Å². The summed E-state index contributed by atoms with van der Waals surface area (Å²) in [5, 5.41) is 15.3. The first-order valence-corrected chi connectivity index (χ1v) is 6.00. The van der Waals surface area contributed by atoms with Gasteiger partial charge in [-0.2, -0.15) is 0 Å². The van der Waals surface area contributed by atoms with Crippen LogP contribution >= 0.6 is 0 Å². The van der Waals surface area contributed by atoms with E-state index in [2.05, 4.69) is 0 Å². The molecule has 6 N–H and O–H groups in total. The lowest BCUT2D eigenvalue weighted by Crippen LogP contribution is -2.35. The average Bonchev–Trinajstić information content (AvgIpc) is 3.07. The number of rotatable bonds is 2. The topological polar surface area (TPSA) is 112 Å². The molecule has 19 heavy (non-hydrogen) atoms. The van der Waals surface area contributed by atoms with Crippen molar-refractivity contribution >= 4 is 22.8 Å². The smallest absolute Gasteiger partial charge is 0.174 e. The van der Waals surface area contributed by atoms with Crippen LogP contribution in [0.1, 0.15) is 16.7 Å². The van der Waals surface area contributed by atoms with Crippen molar-refractivity contribution in [2.24, 2.45) is 11.5 Å². The molecule has 1 aromatic rings. The molecule has 1 aliphatic heterocycles. The normalized spacial score (nSPS) is 28.9. The summed E-state index contributed by atoms with van der Waals surface area (Å²) >= 11 is 0. The molecule has 0 saturated carbocycles. The summed E-state index contributed by atoms with van der Waals surface area (Å²) < 4.78 is 5.65. The fourth-order valence-corrected chi connectivity index (χ4v) is 3.02. The Kier molecular flexibility index (Phi) is 1.63. The maximum atomic E-state index is 7.65. The summed E-state index contributed by atoms with van der Waals surface area (Å²) in [5.41, 5.74) is 15.4. The van der Waals surface area contributed by atoms with Crippen molar-refractivity contribution in [2.45, 2.75) is 11.7 Å². The van der Waals surface area contributed by atoms with E-state index in [1.165, 1.54) is 0 Å². The van der Waals surface area contributed by atoms with E-state index in [4.69, 9.17) is 27.0 Å². The Morgan fingerprint density at radius 1 is 1.26 bits per heavy atom. The van der Waals surface area contributed by atoms with Gasteiger partial charge in [0.1, 0.15) is 17.8 Å². The molecule has 5 heteroatoms.